The number of fused-ring (bicyclic) bond motifs is 2. The number of ketones is 2. The lowest BCUT2D eigenvalue weighted by molar-refractivity contribution is -0.113. The van der Waals surface area contributed by atoms with Crippen molar-refractivity contribution in [3.63, 3.8) is 0 Å². The number of nitrogens with zero attached hydrogens (tertiary/aromatic N) is 2. The Balaban J connectivity index is 0.000000209. The second-order valence-corrected chi connectivity index (χ2v) is 13.2. The number of pyridine rings is 2. The van der Waals surface area contributed by atoms with Gasteiger partial charge in [-0.25, -0.2) is 40.1 Å². The largest absolute Gasteiger partial charge is 0.643 e. The van der Waals surface area contributed by atoms with E-state index in [0.717, 1.165) is 16.7 Å². The summed E-state index contributed by atoms with van der Waals surface area (Å²) in [6.07, 6.45) is 6.26. The molecule has 0 bridgehead atoms. The van der Waals surface area contributed by atoms with Crippen LogP contribution in [-0.2, 0) is 4.79 Å². The Hall–Kier alpha value is -1.70. The molecule has 14 heteroatoms. The maximum Gasteiger partial charge on any atom is 0.643 e. The van der Waals surface area contributed by atoms with Gasteiger partial charge in [-0.15, -0.1) is 0 Å². The summed E-state index contributed by atoms with van der Waals surface area (Å²) < 4.78 is 10.2. The number of hydrogen-bond acceptors (Lipinski definition) is 6. The van der Waals surface area contributed by atoms with E-state index in [1.807, 2.05) is 6.07 Å². The second-order valence-electron chi connectivity index (χ2n) is 6.09. The van der Waals surface area contributed by atoms with Gasteiger partial charge in [-0.2, -0.15) is 0 Å². The van der Waals surface area contributed by atoms with Gasteiger partial charge in [0.05, 0.1) is 48.6 Å². The Morgan fingerprint density at radius 1 is 0.939 bits per heavy atom. The SMILES string of the molecule is COc1cnc(Cl)c2[nH]cc(C(=O)C(C)=O)c12.COc1cnc(Cl)c2[nH]ccc12.[Cl][Al]([Cl])[Cl]. The molecule has 0 saturated carbocycles. The highest BCUT2D eigenvalue weighted by atomic mass is 35.8. The lowest BCUT2D eigenvalue weighted by atomic mass is 10.1. The van der Waals surface area contributed by atoms with Gasteiger partial charge in [0.1, 0.15) is 11.5 Å². The molecular formula is C19H16AlCl5N4O4. The molecule has 4 aromatic heterocycles. The van der Waals surface area contributed by atoms with Crippen LogP contribution >= 0.6 is 53.3 Å². The normalized spacial score (nSPS) is 10.1. The van der Waals surface area contributed by atoms with E-state index in [0.29, 0.717) is 21.8 Å². The molecule has 0 aliphatic carbocycles. The van der Waals surface area contributed by atoms with E-state index < -0.39 is 23.0 Å². The summed E-state index contributed by atoms with van der Waals surface area (Å²) in [4.78, 5) is 36.5. The van der Waals surface area contributed by atoms with Gasteiger partial charge in [0.2, 0.25) is 5.78 Å². The van der Waals surface area contributed by atoms with E-state index in [-0.39, 0.29) is 10.7 Å². The number of methoxy groups -OCH3 is 2. The van der Waals surface area contributed by atoms with Crippen molar-refractivity contribution in [3.8, 4) is 11.5 Å². The fraction of sp³-hybridized carbons (Fsp3) is 0.158. The van der Waals surface area contributed by atoms with Crippen molar-refractivity contribution in [2.45, 2.75) is 6.92 Å². The Morgan fingerprint density at radius 3 is 2.03 bits per heavy atom. The van der Waals surface area contributed by atoms with Crippen LogP contribution in [0.3, 0.4) is 0 Å². The summed E-state index contributed by atoms with van der Waals surface area (Å²) in [6, 6.07) is 1.90. The highest BCUT2D eigenvalue weighted by Gasteiger charge is 2.20. The standard InChI is InChI=1S/C11H9ClN2O3.C8H7ClN2O.Al.3ClH/c1-5(15)10(16)6-3-13-9-8(6)7(17-2)4-14-11(9)12;1-12-6-4-11-8(9)7-5(6)2-3-10-7;;;;/h3-4,13H,1-2H3;2-4,10H,1H3;;3*1H/q;;+3;;;/p-3. The molecule has 8 nitrogen and oxygen atoms in total. The number of halogens is 5. The summed E-state index contributed by atoms with van der Waals surface area (Å²) in [7, 11) is 17.9. The summed E-state index contributed by atoms with van der Waals surface area (Å²) >= 11 is 10.00. The maximum atomic E-state index is 11.7. The molecular weight excluding hydrogens is 552 g/mol. The number of carbonyl (C=O) groups excluding carboxylic acids is 2. The fourth-order valence-electron chi connectivity index (χ4n) is 2.77. The van der Waals surface area contributed by atoms with Crippen LogP contribution in [0, 0.1) is 0 Å². The minimum absolute atomic E-state index is 0.225. The van der Waals surface area contributed by atoms with Gasteiger partial charge in [0.15, 0.2) is 16.1 Å². The predicted octanol–water partition coefficient (Wildman–Crippen LogP) is 5.91. The molecule has 2 N–H and O–H groups in total. The first-order chi connectivity index (χ1) is 15.6. The van der Waals surface area contributed by atoms with Crippen LogP contribution in [0.1, 0.15) is 17.3 Å². The van der Waals surface area contributed by atoms with Crippen LogP contribution in [0.2, 0.25) is 10.3 Å². The lowest BCUT2D eigenvalue weighted by Gasteiger charge is -2.03. The Bertz CT molecular complexity index is 1280. The molecule has 4 aromatic rings. The second kappa shape index (κ2) is 12.7. The first-order valence-electron chi connectivity index (χ1n) is 8.94. The average molecular weight is 569 g/mol. The first kappa shape index (κ1) is 27.5. The van der Waals surface area contributed by atoms with Gasteiger partial charge in [-0.3, -0.25) is 9.59 Å². The first-order valence-corrected chi connectivity index (χ1v) is 14.9. The van der Waals surface area contributed by atoms with E-state index in [1.165, 1.54) is 26.4 Å². The van der Waals surface area contributed by atoms with Crippen LogP contribution in [-0.4, -0.2) is 57.1 Å². The van der Waals surface area contributed by atoms with Crippen LogP contribution in [0.25, 0.3) is 21.8 Å². The van der Waals surface area contributed by atoms with E-state index in [4.69, 9.17) is 62.8 Å². The van der Waals surface area contributed by atoms with Crippen molar-refractivity contribution < 1.29 is 19.1 Å². The summed E-state index contributed by atoms with van der Waals surface area (Å²) in [6.45, 7) is 1.22. The number of H-pyrrole nitrogens is 2. The smallest absolute Gasteiger partial charge is 0.494 e. The molecule has 0 fully saturated rings. The molecule has 0 saturated heterocycles. The van der Waals surface area contributed by atoms with E-state index in [2.05, 4.69) is 19.9 Å². The zero-order chi connectivity index (χ0) is 24.7. The molecule has 0 radical (unpaired) electrons. The number of hydrogen-bond donors (Lipinski definition) is 2. The zero-order valence-electron chi connectivity index (χ0n) is 17.4. The Labute approximate surface area is 215 Å². The van der Waals surface area contributed by atoms with Gasteiger partial charge in [0.25, 0.3) is 0 Å². The number of aromatic amines is 2. The van der Waals surface area contributed by atoms with E-state index in [9.17, 15) is 9.59 Å². The number of ether oxygens (including phenoxy) is 2. The lowest BCUT2D eigenvalue weighted by Crippen LogP contribution is -2.09. The number of carbonyl (C=O) groups is 2. The molecule has 174 valence electrons. The van der Waals surface area contributed by atoms with Crippen molar-refractivity contribution in [2.24, 2.45) is 0 Å². The molecule has 0 aliphatic heterocycles. The maximum absolute atomic E-state index is 11.7. The highest BCUT2D eigenvalue weighted by Crippen LogP contribution is 2.32. The fourth-order valence-corrected chi connectivity index (χ4v) is 3.17. The van der Waals surface area contributed by atoms with Crippen LogP contribution in [0.15, 0.2) is 30.9 Å². The number of rotatable bonds is 4. The van der Waals surface area contributed by atoms with Gasteiger partial charge in [-0.05, 0) is 6.07 Å². The monoisotopic (exact) mass is 566 g/mol. The Kier molecular flexibility index (Phi) is 10.6. The topological polar surface area (TPSA) is 110 Å². The van der Waals surface area contributed by atoms with Crippen molar-refractivity contribution in [2.75, 3.05) is 14.2 Å². The zero-order valence-corrected chi connectivity index (χ0v) is 22.3. The molecule has 0 unspecified atom stereocenters. The van der Waals surface area contributed by atoms with Gasteiger partial charge < -0.3 is 19.4 Å². The van der Waals surface area contributed by atoms with E-state index >= 15 is 0 Å². The molecule has 0 atom stereocenters. The minimum Gasteiger partial charge on any atom is -0.494 e. The third kappa shape index (κ3) is 6.90. The van der Waals surface area contributed by atoms with Gasteiger partial charge >= 0.3 is 11.4 Å². The molecule has 33 heavy (non-hydrogen) atoms. The summed E-state index contributed by atoms with van der Waals surface area (Å²) in [5.41, 5.74) is 1.54. The highest BCUT2D eigenvalue weighted by molar-refractivity contribution is 7.54. The van der Waals surface area contributed by atoms with Crippen LogP contribution in [0.5, 0.6) is 11.5 Å². The van der Waals surface area contributed by atoms with Crippen molar-refractivity contribution in [1.82, 2.24) is 19.9 Å². The van der Waals surface area contributed by atoms with Crippen LogP contribution < -0.4 is 9.47 Å². The van der Waals surface area contributed by atoms with Gasteiger partial charge in [0, 0.05) is 24.7 Å². The molecule has 0 spiro atoms. The quantitative estimate of drug-likeness (QED) is 0.137. The minimum atomic E-state index is -1.72. The summed E-state index contributed by atoms with van der Waals surface area (Å²) in [5, 5.41) is 2.13. The van der Waals surface area contributed by atoms with Gasteiger partial charge in [-0.1, -0.05) is 23.2 Å². The third-order valence-electron chi connectivity index (χ3n) is 4.15. The molecule has 4 heterocycles. The molecule has 0 aromatic carbocycles. The Morgan fingerprint density at radius 2 is 1.48 bits per heavy atom. The molecule has 0 amide bonds. The van der Waals surface area contributed by atoms with Crippen molar-refractivity contribution >= 4 is 98.1 Å². The van der Waals surface area contributed by atoms with Crippen molar-refractivity contribution in [1.29, 1.82) is 0 Å². The molecule has 4 rings (SSSR count). The van der Waals surface area contributed by atoms with E-state index in [1.54, 1.807) is 19.5 Å². The van der Waals surface area contributed by atoms with Crippen molar-refractivity contribution in [3.05, 3.63) is 46.7 Å². The summed E-state index contributed by atoms with van der Waals surface area (Å²) in [5.74, 6) is 0.00334. The average Bonchev–Trinajstić information content (AvgIpc) is 3.43. The molecule has 0 aliphatic rings. The number of Topliss-reactive ketones (excluding diaryl/α,β-unsaturated/α-hetero) is 2. The number of nitrogens with one attached hydrogen (secondary N) is 2. The number of aromatic nitrogens is 4. The predicted molar refractivity (Wildman–Crippen MR) is 134 cm³/mol. The third-order valence-corrected chi connectivity index (χ3v) is 4.72. The van der Waals surface area contributed by atoms with Crippen LogP contribution in [0.4, 0.5) is 0 Å².